The summed E-state index contributed by atoms with van der Waals surface area (Å²) in [6.45, 7) is 5.63. The van der Waals surface area contributed by atoms with E-state index in [1.165, 1.54) is 45.2 Å². The molecule has 2 aromatic rings. The monoisotopic (exact) mass is 355 g/mol. The van der Waals surface area contributed by atoms with Gasteiger partial charge in [0.05, 0.1) is 30.5 Å². The first kappa shape index (κ1) is 17.4. The standard InChI is InChI=1S/C21H30N4O/c1-16-20(21(26)25(23(16)2)18-10-4-3-5-11-18)22-15-17-9-8-14-24-13-7-6-12-19(17)24/h3-5,10-11,17,19,22H,6-9,12-15H2,1-2H3/p+1/t17-,19+/m1/s1. The molecule has 0 amide bonds. The first-order valence-electron chi connectivity index (χ1n) is 10.1. The highest BCUT2D eigenvalue weighted by Crippen LogP contribution is 2.22. The van der Waals surface area contributed by atoms with E-state index in [-0.39, 0.29) is 5.56 Å². The fourth-order valence-corrected chi connectivity index (χ4v) is 5.03. The Bertz CT molecular complexity index is 805. The van der Waals surface area contributed by atoms with Crippen LogP contribution in [0.4, 0.5) is 5.69 Å². The van der Waals surface area contributed by atoms with Crippen LogP contribution < -0.4 is 15.8 Å². The Morgan fingerprint density at radius 1 is 1.12 bits per heavy atom. The third kappa shape index (κ3) is 3.09. The minimum absolute atomic E-state index is 0.0554. The quantitative estimate of drug-likeness (QED) is 0.877. The van der Waals surface area contributed by atoms with E-state index in [4.69, 9.17) is 0 Å². The topological polar surface area (TPSA) is 43.4 Å². The minimum atomic E-state index is 0.0554. The van der Waals surface area contributed by atoms with Crippen molar-refractivity contribution >= 4 is 5.69 Å². The van der Waals surface area contributed by atoms with Crippen molar-refractivity contribution in [2.45, 2.75) is 45.1 Å². The fourth-order valence-electron chi connectivity index (χ4n) is 5.03. The van der Waals surface area contributed by atoms with Crippen LogP contribution in [0.5, 0.6) is 0 Å². The third-order valence-corrected chi connectivity index (χ3v) is 6.52. The maximum Gasteiger partial charge on any atom is 0.295 e. The first-order valence-corrected chi connectivity index (χ1v) is 10.1. The van der Waals surface area contributed by atoms with E-state index >= 15 is 0 Å². The van der Waals surface area contributed by atoms with Crippen molar-refractivity contribution in [2.75, 3.05) is 25.0 Å². The van der Waals surface area contributed by atoms with Crippen LogP contribution in [0.25, 0.3) is 5.69 Å². The zero-order chi connectivity index (χ0) is 18.1. The molecule has 26 heavy (non-hydrogen) atoms. The van der Waals surface area contributed by atoms with E-state index in [9.17, 15) is 4.79 Å². The van der Waals surface area contributed by atoms with E-state index in [0.29, 0.717) is 5.92 Å². The van der Waals surface area contributed by atoms with Crippen molar-refractivity contribution in [3.63, 3.8) is 0 Å². The first-order chi connectivity index (χ1) is 12.7. The van der Waals surface area contributed by atoms with Crippen LogP contribution in [0.15, 0.2) is 35.1 Å². The summed E-state index contributed by atoms with van der Waals surface area (Å²) in [6.07, 6.45) is 6.71. The van der Waals surface area contributed by atoms with Crippen LogP contribution in [0.2, 0.25) is 0 Å². The second-order valence-corrected chi connectivity index (χ2v) is 7.98. The molecular weight excluding hydrogens is 324 g/mol. The molecule has 5 nitrogen and oxygen atoms in total. The summed E-state index contributed by atoms with van der Waals surface area (Å²) in [5.74, 6) is 0.684. The van der Waals surface area contributed by atoms with Gasteiger partial charge in [-0.25, -0.2) is 4.68 Å². The average molecular weight is 356 g/mol. The molecule has 2 aliphatic heterocycles. The molecule has 1 unspecified atom stereocenters. The lowest BCUT2D eigenvalue weighted by atomic mass is 9.83. The number of rotatable bonds is 4. The number of para-hydroxylation sites is 1. The van der Waals surface area contributed by atoms with Crippen molar-refractivity contribution in [2.24, 2.45) is 13.0 Å². The summed E-state index contributed by atoms with van der Waals surface area (Å²) >= 11 is 0. The molecule has 0 aliphatic carbocycles. The van der Waals surface area contributed by atoms with E-state index in [1.807, 2.05) is 49.0 Å². The van der Waals surface area contributed by atoms with Gasteiger partial charge in [0.2, 0.25) is 0 Å². The van der Waals surface area contributed by atoms with Crippen molar-refractivity contribution in [1.82, 2.24) is 9.36 Å². The summed E-state index contributed by atoms with van der Waals surface area (Å²) in [6, 6.07) is 10.7. The Labute approximate surface area is 155 Å². The highest BCUT2D eigenvalue weighted by atomic mass is 16.1. The van der Waals surface area contributed by atoms with Crippen LogP contribution in [-0.4, -0.2) is 35.0 Å². The van der Waals surface area contributed by atoms with Gasteiger partial charge in [-0.05, 0) is 51.2 Å². The van der Waals surface area contributed by atoms with Crippen molar-refractivity contribution in [3.05, 3.63) is 46.4 Å². The maximum atomic E-state index is 13.0. The summed E-state index contributed by atoms with van der Waals surface area (Å²) < 4.78 is 3.72. The highest BCUT2D eigenvalue weighted by molar-refractivity contribution is 5.49. The van der Waals surface area contributed by atoms with Gasteiger partial charge in [0.15, 0.2) is 0 Å². The molecule has 140 valence electrons. The fraction of sp³-hybridized carbons (Fsp3) is 0.571. The number of anilines is 1. The van der Waals surface area contributed by atoms with Crippen LogP contribution in [0.1, 0.15) is 37.8 Å². The summed E-state index contributed by atoms with van der Waals surface area (Å²) in [4.78, 5) is 14.8. The van der Waals surface area contributed by atoms with Crippen LogP contribution in [0.3, 0.4) is 0 Å². The van der Waals surface area contributed by atoms with Gasteiger partial charge in [0, 0.05) is 19.5 Å². The molecule has 2 aliphatic rings. The van der Waals surface area contributed by atoms with Gasteiger partial charge in [-0.3, -0.25) is 9.48 Å². The van der Waals surface area contributed by atoms with Gasteiger partial charge in [0.1, 0.15) is 5.69 Å². The number of benzene rings is 1. The molecule has 2 saturated heterocycles. The van der Waals surface area contributed by atoms with Gasteiger partial charge in [-0.2, -0.15) is 0 Å². The molecule has 1 aromatic heterocycles. The van der Waals surface area contributed by atoms with Gasteiger partial charge in [-0.1, -0.05) is 18.2 Å². The maximum absolute atomic E-state index is 13.0. The Hall–Kier alpha value is -2.01. The molecule has 2 fully saturated rings. The van der Waals surface area contributed by atoms with Crippen molar-refractivity contribution in [1.29, 1.82) is 0 Å². The number of hydrogen-bond acceptors (Lipinski definition) is 2. The molecule has 0 bridgehead atoms. The summed E-state index contributed by atoms with van der Waals surface area (Å²) in [5, 5.41) is 3.55. The predicted octanol–water partition coefficient (Wildman–Crippen LogP) is 1.74. The molecule has 3 atom stereocenters. The molecular formula is C21H31N4O+. The molecule has 0 spiro atoms. The van der Waals surface area contributed by atoms with Gasteiger partial charge < -0.3 is 10.2 Å². The Kier molecular flexibility index (Phi) is 4.90. The lowest BCUT2D eigenvalue weighted by molar-refractivity contribution is -0.939. The minimum Gasteiger partial charge on any atom is -0.379 e. The molecule has 5 heteroatoms. The summed E-state index contributed by atoms with van der Waals surface area (Å²) in [7, 11) is 1.96. The number of nitrogens with one attached hydrogen (secondary N) is 2. The van der Waals surface area contributed by atoms with Crippen molar-refractivity contribution < 1.29 is 4.90 Å². The summed E-state index contributed by atoms with van der Waals surface area (Å²) in [5.41, 5.74) is 2.73. The van der Waals surface area contributed by atoms with Crippen LogP contribution in [-0.2, 0) is 7.05 Å². The number of hydrogen-bond donors (Lipinski definition) is 2. The second-order valence-electron chi connectivity index (χ2n) is 7.98. The number of nitrogens with zero attached hydrogens (tertiary/aromatic N) is 2. The van der Waals surface area contributed by atoms with Gasteiger partial charge >= 0.3 is 0 Å². The SMILES string of the molecule is Cc1c(NC[C@H]2CCC[NH+]3CCCC[C@@H]23)c(=O)n(-c2ccccc2)n1C. The van der Waals surface area contributed by atoms with E-state index in [0.717, 1.165) is 29.7 Å². The van der Waals surface area contributed by atoms with Crippen LogP contribution >= 0.6 is 0 Å². The number of fused-ring (bicyclic) bond motifs is 1. The van der Waals surface area contributed by atoms with E-state index in [2.05, 4.69) is 5.32 Å². The zero-order valence-corrected chi connectivity index (χ0v) is 16.0. The molecule has 3 heterocycles. The second kappa shape index (κ2) is 7.31. The van der Waals surface area contributed by atoms with Crippen molar-refractivity contribution in [3.8, 4) is 5.69 Å². The largest absolute Gasteiger partial charge is 0.379 e. The number of aromatic nitrogens is 2. The smallest absolute Gasteiger partial charge is 0.295 e. The normalized spacial score (nSPS) is 25.7. The van der Waals surface area contributed by atoms with Crippen LogP contribution in [0, 0.1) is 12.8 Å². The van der Waals surface area contributed by atoms with E-state index in [1.54, 1.807) is 9.58 Å². The molecule has 2 N–H and O–H groups in total. The average Bonchev–Trinajstić information content (AvgIpc) is 2.89. The number of piperidine rings is 2. The predicted molar refractivity (Wildman–Crippen MR) is 105 cm³/mol. The Morgan fingerprint density at radius 3 is 2.69 bits per heavy atom. The third-order valence-electron chi connectivity index (χ3n) is 6.52. The zero-order valence-electron chi connectivity index (χ0n) is 16.0. The highest BCUT2D eigenvalue weighted by Gasteiger charge is 2.36. The molecule has 1 aromatic carbocycles. The Balaban J connectivity index is 1.55. The molecule has 4 rings (SSSR count). The number of quaternary nitrogens is 1. The van der Waals surface area contributed by atoms with Gasteiger partial charge in [0.25, 0.3) is 5.56 Å². The van der Waals surface area contributed by atoms with Gasteiger partial charge in [-0.15, -0.1) is 0 Å². The lowest BCUT2D eigenvalue weighted by Crippen LogP contribution is -3.18. The molecule has 0 saturated carbocycles. The Morgan fingerprint density at radius 2 is 1.88 bits per heavy atom. The lowest BCUT2D eigenvalue weighted by Gasteiger charge is -2.41. The molecule has 0 radical (unpaired) electrons. The van der Waals surface area contributed by atoms with E-state index < -0.39 is 0 Å².